The Morgan fingerprint density at radius 2 is 2.40 bits per heavy atom. The predicted octanol–water partition coefficient (Wildman–Crippen LogP) is 3.29. The minimum Gasteiger partial charge on any atom is -0.463 e. The van der Waals surface area contributed by atoms with Crippen LogP contribution < -0.4 is 5.32 Å². The molecule has 0 amide bonds. The predicted molar refractivity (Wildman–Crippen MR) is 76.9 cm³/mol. The minimum absolute atomic E-state index is 0.254. The van der Waals surface area contributed by atoms with Crippen molar-refractivity contribution in [1.29, 1.82) is 0 Å². The Morgan fingerprint density at radius 1 is 1.50 bits per heavy atom. The summed E-state index contributed by atoms with van der Waals surface area (Å²) in [5, 5.41) is 5.67. The van der Waals surface area contributed by atoms with Gasteiger partial charge in [-0.05, 0) is 48.4 Å². The van der Waals surface area contributed by atoms with Crippen LogP contribution in [0.15, 0.2) is 28.0 Å². The molecule has 2 heterocycles. The van der Waals surface area contributed by atoms with Crippen LogP contribution in [-0.4, -0.2) is 13.1 Å². The molecule has 1 atom stereocenters. The van der Waals surface area contributed by atoms with E-state index in [1.807, 2.05) is 17.4 Å². The first-order valence-corrected chi connectivity index (χ1v) is 7.62. The molecule has 0 bridgehead atoms. The van der Waals surface area contributed by atoms with Crippen LogP contribution in [0.4, 0.5) is 0 Å². The quantitative estimate of drug-likeness (QED) is 0.878. The third-order valence-corrected chi connectivity index (χ3v) is 4.62. The van der Waals surface area contributed by atoms with E-state index >= 15 is 0 Å². The first kappa shape index (κ1) is 13.4. The highest BCUT2D eigenvalue weighted by Crippen LogP contribution is 2.33. The number of thiophene rings is 1. The van der Waals surface area contributed by atoms with Crippen molar-refractivity contribution in [3.8, 4) is 0 Å². The fraction of sp³-hybridized carbons (Fsp3) is 0.400. The van der Waals surface area contributed by atoms with E-state index < -0.39 is 5.97 Å². The van der Waals surface area contributed by atoms with Crippen LogP contribution in [0.25, 0.3) is 0 Å². The lowest BCUT2D eigenvalue weighted by Crippen LogP contribution is -2.23. The number of methoxy groups -OCH3 is 1. The van der Waals surface area contributed by atoms with Gasteiger partial charge in [-0.2, -0.15) is 0 Å². The van der Waals surface area contributed by atoms with Crippen molar-refractivity contribution in [3.05, 3.63) is 45.5 Å². The van der Waals surface area contributed by atoms with E-state index in [4.69, 9.17) is 4.42 Å². The van der Waals surface area contributed by atoms with Gasteiger partial charge in [-0.1, -0.05) is 0 Å². The first-order chi connectivity index (χ1) is 9.78. The van der Waals surface area contributed by atoms with Crippen LogP contribution in [0.1, 0.15) is 45.6 Å². The molecule has 0 saturated heterocycles. The minimum atomic E-state index is -0.436. The molecule has 0 aliphatic heterocycles. The highest BCUT2D eigenvalue weighted by Gasteiger charge is 2.21. The number of hydrogen-bond acceptors (Lipinski definition) is 5. The Morgan fingerprint density at radius 3 is 3.25 bits per heavy atom. The van der Waals surface area contributed by atoms with Gasteiger partial charge in [0.1, 0.15) is 5.76 Å². The van der Waals surface area contributed by atoms with Crippen molar-refractivity contribution >= 4 is 17.3 Å². The van der Waals surface area contributed by atoms with Crippen molar-refractivity contribution in [3.63, 3.8) is 0 Å². The van der Waals surface area contributed by atoms with Crippen LogP contribution in [-0.2, 0) is 17.7 Å². The number of aryl methyl sites for hydroxylation is 1. The van der Waals surface area contributed by atoms with E-state index in [0.717, 1.165) is 12.2 Å². The summed E-state index contributed by atoms with van der Waals surface area (Å²) in [5.41, 5.74) is 1.42. The lowest BCUT2D eigenvalue weighted by atomic mass is 9.94. The summed E-state index contributed by atoms with van der Waals surface area (Å²) in [7, 11) is 1.35. The van der Waals surface area contributed by atoms with Crippen molar-refractivity contribution < 1.29 is 13.9 Å². The van der Waals surface area contributed by atoms with Crippen LogP contribution >= 0.6 is 11.3 Å². The van der Waals surface area contributed by atoms with Crippen molar-refractivity contribution in [2.75, 3.05) is 7.11 Å². The number of rotatable bonds is 4. The molecule has 0 radical (unpaired) electrons. The molecule has 20 heavy (non-hydrogen) atoms. The molecule has 1 N–H and O–H groups in total. The fourth-order valence-corrected chi connectivity index (χ4v) is 3.59. The van der Waals surface area contributed by atoms with Gasteiger partial charge in [-0.3, -0.25) is 0 Å². The molecule has 1 unspecified atom stereocenters. The van der Waals surface area contributed by atoms with Crippen LogP contribution in [0.3, 0.4) is 0 Å². The fourth-order valence-electron chi connectivity index (χ4n) is 2.61. The molecule has 3 rings (SSSR count). The average molecular weight is 291 g/mol. The lowest BCUT2D eigenvalue weighted by Gasteiger charge is -2.23. The van der Waals surface area contributed by atoms with Gasteiger partial charge in [0.2, 0.25) is 5.76 Å². The molecule has 0 saturated carbocycles. The Bertz CT molecular complexity index is 602. The number of fused-ring (bicyclic) bond motifs is 1. The molecular formula is C15H17NO3S. The summed E-state index contributed by atoms with van der Waals surface area (Å²) in [6.45, 7) is 0.622. The van der Waals surface area contributed by atoms with E-state index in [0.29, 0.717) is 12.6 Å². The molecule has 0 fully saturated rings. The maximum Gasteiger partial charge on any atom is 0.373 e. The van der Waals surface area contributed by atoms with Crippen LogP contribution in [0.5, 0.6) is 0 Å². The third-order valence-electron chi connectivity index (χ3n) is 3.62. The van der Waals surface area contributed by atoms with Gasteiger partial charge < -0.3 is 14.5 Å². The first-order valence-electron chi connectivity index (χ1n) is 6.74. The van der Waals surface area contributed by atoms with E-state index in [2.05, 4.69) is 21.5 Å². The second kappa shape index (κ2) is 5.81. The second-order valence-corrected chi connectivity index (χ2v) is 5.88. The van der Waals surface area contributed by atoms with E-state index in [1.165, 1.54) is 30.4 Å². The van der Waals surface area contributed by atoms with Gasteiger partial charge >= 0.3 is 5.97 Å². The number of hydrogen-bond donors (Lipinski definition) is 1. The summed E-state index contributed by atoms with van der Waals surface area (Å²) in [6, 6.07) is 6.06. The molecule has 4 nitrogen and oxygen atoms in total. The molecule has 2 aromatic heterocycles. The van der Waals surface area contributed by atoms with Gasteiger partial charge in [0.25, 0.3) is 0 Å². The smallest absolute Gasteiger partial charge is 0.373 e. The Kier molecular flexibility index (Phi) is 3.89. The van der Waals surface area contributed by atoms with Gasteiger partial charge in [-0.25, -0.2) is 4.79 Å². The second-order valence-electron chi connectivity index (χ2n) is 4.88. The number of carbonyl (C=O) groups excluding carboxylic acids is 1. The summed E-state index contributed by atoms with van der Waals surface area (Å²) in [6.07, 6.45) is 3.56. The number of carbonyl (C=O) groups is 1. The zero-order chi connectivity index (χ0) is 13.9. The Balaban J connectivity index is 1.63. The SMILES string of the molecule is COC(=O)c1ccc(CNC2CCCc3sccc32)o1. The van der Waals surface area contributed by atoms with Gasteiger partial charge in [-0.15, -0.1) is 11.3 Å². The molecule has 0 aromatic carbocycles. The molecule has 1 aliphatic rings. The number of nitrogens with one attached hydrogen (secondary N) is 1. The van der Waals surface area contributed by atoms with E-state index in [-0.39, 0.29) is 5.76 Å². The molecule has 5 heteroatoms. The highest BCUT2D eigenvalue weighted by atomic mass is 32.1. The van der Waals surface area contributed by atoms with Crippen LogP contribution in [0, 0.1) is 0 Å². The van der Waals surface area contributed by atoms with Crippen molar-refractivity contribution in [2.24, 2.45) is 0 Å². The number of ether oxygens (including phenoxy) is 1. The largest absolute Gasteiger partial charge is 0.463 e. The monoisotopic (exact) mass is 291 g/mol. The van der Waals surface area contributed by atoms with Crippen molar-refractivity contribution in [1.82, 2.24) is 5.32 Å². The summed E-state index contributed by atoms with van der Waals surface area (Å²) in [4.78, 5) is 12.8. The standard InChI is InChI=1S/C15H17NO3S/c1-18-15(17)13-6-5-10(19-13)9-16-12-3-2-4-14-11(12)7-8-20-14/h5-8,12,16H,2-4,9H2,1H3. The molecule has 106 valence electrons. The lowest BCUT2D eigenvalue weighted by molar-refractivity contribution is 0.0562. The summed E-state index contributed by atoms with van der Waals surface area (Å²) >= 11 is 1.84. The normalized spacial score (nSPS) is 17.8. The van der Waals surface area contributed by atoms with E-state index in [1.54, 1.807) is 6.07 Å². The van der Waals surface area contributed by atoms with Gasteiger partial charge in [0.05, 0.1) is 13.7 Å². The highest BCUT2D eigenvalue weighted by molar-refractivity contribution is 7.10. The Hall–Kier alpha value is -1.59. The number of esters is 1. The third kappa shape index (κ3) is 2.64. The maximum atomic E-state index is 11.3. The zero-order valence-electron chi connectivity index (χ0n) is 11.3. The van der Waals surface area contributed by atoms with Crippen molar-refractivity contribution in [2.45, 2.75) is 31.8 Å². The van der Waals surface area contributed by atoms with Gasteiger partial charge in [0, 0.05) is 10.9 Å². The number of furan rings is 1. The topological polar surface area (TPSA) is 51.5 Å². The molecular weight excluding hydrogens is 274 g/mol. The molecule has 0 spiro atoms. The zero-order valence-corrected chi connectivity index (χ0v) is 12.2. The average Bonchev–Trinajstić information content (AvgIpc) is 3.13. The van der Waals surface area contributed by atoms with Gasteiger partial charge in [0.15, 0.2) is 0 Å². The summed E-state index contributed by atoms with van der Waals surface area (Å²) < 4.78 is 10.1. The molecule has 1 aliphatic carbocycles. The Labute approximate surface area is 121 Å². The molecule has 2 aromatic rings. The maximum absolute atomic E-state index is 11.3. The van der Waals surface area contributed by atoms with E-state index in [9.17, 15) is 4.79 Å². The van der Waals surface area contributed by atoms with Crippen LogP contribution in [0.2, 0.25) is 0 Å². The summed E-state index contributed by atoms with van der Waals surface area (Å²) in [5.74, 6) is 0.575.